The molecule has 0 spiro atoms. The quantitative estimate of drug-likeness (QED) is 0.517. The predicted molar refractivity (Wildman–Crippen MR) is 69.1 cm³/mol. The Hall–Kier alpha value is -3.03. The SMILES string of the molecule is O=C(Nc1ccc([N+](=O)[O-])cc1O)c1ccc(F)cc1F. The van der Waals surface area contributed by atoms with Crippen molar-refractivity contribution in [3.63, 3.8) is 0 Å². The number of nitrogens with zero attached hydrogens (tertiary/aromatic N) is 1. The van der Waals surface area contributed by atoms with Crippen molar-refractivity contribution in [1.82, 2.24) is 0 Å². The number of halogens is 2. The number of nitro groups is 1. The van der Waals surface area contributed by atoms with Gasteiger partial charge in [0.1, 0.15) is 17.4 Å². The number of carbonyl (C=O) groups excluding carboxylic acids is 1. The van der Waals surface area contributed by atoms with E-state index in [0.29, 0.717) is 6.07 Å². The number of anilines is 1. The molecule has 0 atom stereocenters. The van der Waals surface area contributed by atoms with E-state index in [2.05, 4.69) is 5.32 Å². The third kappa shape index (κ3) is 3.11. The number of hydrogen-bond donors (Lipinski definition) is 2. The molecule has 2 aromatic carbocycles. The van der Waals surface area contributed by atoms with Gasteiger partial charge in [-0.05, 0) is 18.2 Å². The molecule has 0 radical (unpaired) electrons. The summed E-state index contributed by atoms with van der Waals surface area (Å²) >= 11 is 0. The number of aromatic hydroxyl groups is 1. The molecule has 0 fully saturated rings. The van der Waals surface area contributed by atoms with Crippen molar-refractivity contribution in [2.75, 3.05) is 5.32 Å². The summed E-state index contributed by atoms with van der Waals surface area (Å²) in [5.74, 6) is -3.35. The molecule has 1 amide bonds. The molecule has 0 bridgehead atoms. The molecule has 8 heteroatoms. The minimum atomic E-state index is -1.06. The molecule has 0 aromatic heterocycles. The van der Waals surface area contributed by atoms with Crippen LogP contribution < -0.4 is 5.32 Å². The molecule has 0 saturated heterocycles. The monoisotopic (exact) mass is 294 g/mol. The minimum absolute atomic E-state index is 0.130. The topological polar surface area (TPSA) is 92.5 Å². The van der Waals surface area contributed by atoms with Gasteiger partial charge in [0.15, 0.2) is 0 Å². The second-order valence-electron chi connectivity index (χ2n) is 4.04. The molecule has 0 aliphatic carbocycles. The second-order valence-corrected chi connectivity index (χ2v) is 4.04. The van der Waals surface area contributed by atoms with Crippen LogP contribution in [0.2, 0.25) is 0 Å². The van der Waals surface area contributed by atoms with Crippen molar-refractivity contribution >= 4 is 17.3 Å². The molecule has 0 aliphatic heterocycles. The van der Waals surface area contributed by atoms with Crippen molar-refractivity contribution in [2.24, 2.45) is 0 Å². The average Bonchev–Trinajstić information content (AvgIpc) is 2.40. The highest BCUT2D eigenvalue weighted by atomic mass is 19.1. The Morgan fingerprint density at radius 1 is 1.19 bits per heavy atom. The van der Waals surface area contributed by atoms with Crippen molar-refractivity contribution in [3.8, 4) is 5.75 Å². The third-order valence-electron chi connectivity index (χ3n) is 2.62. The number of carbonyl (C=O) groups is 1. The van der Waals surface area contributed by atoms with Crippen LogP contribution in [0, 0.1) is 21.7 Å². The molecule has 2 rings (SSSR count). The number of hydrogen-bond acceptors (Lipinski definition) is 4. The van der Waals surface area contributed by atoms with Gasteiger partial charge >= 0.3 is 0 Å². The Morgan fingerprint density at radius 2 is 1.90 bits per heavy atom. The number of nitrogens with one attached hydrogen (secondary N) is 1. The van der Waals surface area contributed by atoms with E-state index in [4.69, 9.17) is 0 Å². The number of benzene rings is 2. The summed E-state index contributed by atoms with van der Waals surface area (Å²) < 4.78 is 26.2. The zero-order chi connectivity index (χ0) is 15.6. The number of amides is 1. The maximum atomic E-state index is 13.4. The largest absolute Gasteiger partial charge is 0.506 e. The smallest absolute Gasteiger partial charge is 0.273 e. The number of nitro benzene ring substituents is 1. The van der Waals surface area contributed by atoms with E-state index in [1.165, 1.54) is 0 Å². The zero-order valence-electron chi connectivity index (χ0n) is 10.3. The lowest BCUT2D eigenvalue weighted by molar-refractivity contribution is -0.384. The molecular weight excluding hydrogens is 286 g/mol. The van der Waals surface area contributed by atoms with E-state index >= 15 is 0 Å². The Kier molecular flexibility index (Phi) is 3.79. The van der Waals surface area contributed by atoms with Crippen molar-refractivity contribution < 1.29 is 23.6 Å². The summed E-state index contributed by atoms with van der Waals surface area (Å²) in [4.78, 5) is 21.6. The Morgan fingerprint density at radius 3 is 2.48 bits per heavy atom. The number of non-ortho nitro benzene ring substituents is 1. The molecule has 0 unspecified atom stereocenters. The fourth-order valence-corrected chi connectivity index (χ4v) is 1.60. The van der Waals surface area contributed by atoms with Crippen LogP contribution in [0.4, 0.5) is 20.2 Å². The summed E-state index contributed by atoms with van der Waals surface area (Å²) in [5.41, 5.74) is -0.915. The maximum Gasteiger partial charge on any atom is 0.273 e. The van der Waals surface area contributed by atoms with E-state index in [-0.39, 0.29) is 11.4 Å². The van der Waals surface area contributed by atoms with Crippen LogP contribution >= 0.6 is 0 Å². The van der Waals surface area contributed by atoms with Gasteiger partial charge < -0.3 is 10.4 Å². The van der Waals surface area contributed by atoms with E-state index < -0.39 is 33.8 Å². The summed E-state index contributed by atoms with van der Waals surface area (Å²) in [6.07, 6.45) is 0. The number of rotatable bonds is 3. The van der Waals surface area contributed by atoms with Gasteiger partial charge in [0.2, 0.25) is 0 Å². The van der Waals surface area contributed by atoms with Crippen LogP contribution in [-0.2, 0) is 0 Å². The van der Waals surface area contributed by atoms with E-state index in [0.717, 1.165) is 30.3 Å². The van der Waals surface area contributed by atoms with E-state index in [1.807, 2.05) is 0 Å². The van der Waals surface area contributed by atoms with Crippen LogP contribution in [0.5, 0.6) is 5.75 Å². The summed E-state index contributed by atoms with van der Waals surface area (Å²) in [7, 11) is 0. The van der Waals surface area contributed by atoms with Gasteiger partial charge in [-0.1, -0.05) is 0 Å². The van der Waals surface area contributed by atoms with Crippen LogP contribution in [0.25, 0.3) is 0 Å². The van der Waals surface area contributed by atoms with E-state index in [9.17, 15) is 28.8 Å². The first-order valence-electron chi connectivity index (χ1n) is 5.62. The summed E-state index contributed by atoms with van der Waals surface area (Å²) in [5, 5.41) is 22.3. The molecule has 21 heavy (non-hydrogen) atoms. The highest BCUT2D eigenvalue weighted by molar-refractivity contribution is 6.05. The highest BCUT2D eigenvalue weighted by Gasteiger charge is 2.16. The average molecular weight is 294 g/mol. The first kappa shape index (κ1) is 14.4. The molecule has 108 valence electrons. The number of phenolic OH excluding ortho intramolecular Hbond substituents is 1. The highest BCUT2D eigenvalue weighted by Crippen LogP contribution is 2.28. The van der Waals surface area contributed by atoms with Crippen molar-refractivity contribution in [2.45, 2.75) is 0 Å². The third-order valence-corrected chi connectivity index (χ3v) is 2.62. The Labute approximate surface area is 116 Å². The standard InChI is InChI=1S/C13H8F2N2O4/c14-7-1-3-9(10(15)5-7)13(19)16-11-4-2-8(17(20)21)6-12(11)18/h1-6,18H,(H,16,19). The van der Waals surface area contributed by atoms with Gasteiger partial charge in [0.25, 0.3) is 11.6 Å². The lowest BCUT2D eigenvalue weighted by Gasteiger charge is -2.07. The van der Waals surface area contributed by atoms with Gasteiger partial charge in [0, 0.05) is 12.1 Å². The van der Waals surface area contributed by atoms with Crippen LogP contribution in [0.1, 0.15) is 10.4 Å². The maximum absolute atomic E-state index is 13.4. The molecular formula is C13H8F2N2O4. The normalized spacial score (nSPS) is 10.2. The summed E-state index contributed by atoms with van der Waals surface area (Å²) in [6, 6.07) is 5.42. The van der Waals surface area contributed by atoms with Gasteiger partial charge in [-0.25, -0.2) is 8.78 Å². The molecule has 2 aromatic rings. The minimum Gasteiger partial charge on any atom is -0.506 e. The summed E-state index contributed by atoms with van der Waals surface area (Å²) in [6.45, 7) is 0. The van der Waals surface area contributed by atoms with Gasteiger partial charge in [0.05, 0.1) is 22.2 Å². The van der Waals surface area contributed by atoms with Gasteiger partial charge in [-0.2, -0.15) is 0 Å². The Bertz CT molecular complexity index is 734. The number of phenols is 1. The first-order chi connectivity index (χ1) is 9.88. The second kappa shape index (κ2) is 5.53. The molecule has 2 N–H and O–H groups in total. The van der Waals surface area contributed by atoms with Crippen LogP contribution in [0.15, 0.2) is 36.4 Å². The van der Waals surface area contributed by atoms with E-state index in [1.54, 1.807) is 0 Å². The lowest BCUT2D eigenvalue weighted by atomic mass is 10.2. The molecule has 0 heterocycles. The fraction of sp³-hybridized carbons (Fsp3) is 0. The van der Waals surface area contributed by atoms with Gasteiger partial charge in [-0.3, -0.25) is 14.9 Å². The van der Waals surface area contributed by atoms with Crippen LogP contribution in [-0.4, -0.2) is 15.9 Å². The van der Waals surface area contributed by atoms with Crippen LogP contribution in [0.3, 0.4) is 0 Å². The zero-order valence-corrected chi connectivity index (χ0v) is 10.3. The molecule has 6 nitrogen and oxygen atoms in total. The lowest BCUT2D eigenvalue weighted by Crippen LogP contribution is -2.14. The van der Waals surface area contributed by atoms with Crippen molar-refractivity contribution in [3.05, 3.63) is 63.7 Å². The van der Waals surface area contributed by atoms with Gasteiger partial charge in [-0.15, -0.1) is 0 Å². The Balaban J connectivity index is 2.25. The predicted octanol–water partition coefficient (Wildman–Crippen LogP) is 2.83. The molecule has 0 aliphatic rings. The first-order valence-corrected chi connectivity index (χ1v) is 5.62. The van der Waals surface area contributed by atoms with Crippen molar-refractivity contribution in [1.29, 1.82) is 0 Å². The molecule has 0 saturated carbocycles. The fourth-order valence-electron chi connectivity index (χ4n) is 1.60.